The Bertz CT molecular complexity index is 1760. The van der Waals surface area contributed by atoms with Crippen molar-refractivity contribution in [1.29, 1.82) is 0 Å². The van der Waals surface area contributed by atoms with E-state index >= 15 is 0 Å². The molecule has 4 aromatic carbocycles. The van der Waals surface area contributed by atoms with Crippen LogP contribution in [0.1, 0.15) is 54.4 Å². The molecule has 1 aliphatic carbocycles. The van der Waals surface area contributed by atoms with Crippen LogP contribution >= 0.6 is 11.6 Å². The van der Waals surface area contributed by atoms with Crippen LogP contribution in [0.2, 0.25) is 5.02 Å². The van der Waals surface area contributed by atoms with Crippen LogP contribution < -0.4 is 9.62 Å². The van der Waals surface area contributed by atoms with Crippen molar-refractivity contribution in [1.82, 2.24) is 10.2 Å². The van der Waals surface area contributed by atoms with Gasteiger partial charge in [-0.25, -0.2) is 8.42 Å². The van der Waals surface area contributed by atoms with Crippen LogP contribution in [-0.2, 0) is 32.6 Å². The number of amides is 2. The van der Waals surface area contributed by atoms with E-state index in [1.165, 1.54) is 12.1 Å². The molecule has 1 fully saturated rings. The highest BCUT2D eigenvalue weighted by molar-refractivity contribution is 7.92. The molecule has 1 saturated carbocycles. The van der Waals surface area contributed by atoms with Gasteiger partial charge in [0.05, 0.1) is 10.6 Å². The van der Waals surface area contributed by atoms with E-state index in [9.17, 15) is 18.0 Å². The molecule has 0 saturated heterocycles. The predicted molar refractivity (Wildman–Crippen MR) is 188 cm³/mol. The minimum Gasteiger partial charge on any atom is -0.352 e. The van der Waals surface area contributed by atoms with Crippen molar-refractivity contribution < 1.29 is 18.0 Å². The number of nitrogens with one attached hydrogen (secondary N) is 1. The molecule has 47 heavy (non-hydrogen) atoms. The maximum absolute atomic E-state index is 14.7. The predicted octanol–water partition coefficient (Wildman–Crippen LogP) is 7.24. The Morgan fingerprint density at radius 3 is 2.11 bits per heavy atom. The molecule has 0 aliphatic heterocycles. The number of benzene rings is 4. The molecule has 0 heterocycles. The second-order valence-electron chi connectivity index (χ2n) is 12.3. The number of rotatable bonds is 12. The maximum Gasteiger partial charge on any atom is 0.264 e. The first kappa shape index (κ1) is 34.2. The third-order valence-electron chi connectivity index (χ3n) is 8.73. The van der Waals surface area contributed by atoms with Gasteiger partial charge in [0, 0.05) is 24.0 Å². The van der Waals surface area contributed by atoms with Gasteiger partial charge in [-0.1, -0.05) is 109 Å². The maximum atomic E-state index is 14.7. The van der Waals surface area contributed by atoms with Crippen LogP contribution in [0.5, 0.6) is 0 Å². The molecule has 0 spiro atoms. The summed E-state index contributed by atoms with van der Waals surface area (Å²) >= 11 is 6.26. The highest BCUT2D eigenvalue weighted by Gasteiger charge is 2.35. The van der Waals surface area contributed by atoms with Crippen molar-refractivity contribution in [3.8, 4) is 0 Å². The molecule has 1 atom stereocenters. The molecule has 4 aromatic rings. The summed E-state index contributed by atoms with van der Waals surface area (Å²) in [5.41, 5.74) is 3.76. The third-order valence-corrected chi connectivity index (χ3v) is 10.7. The highest BCUT2D eigenvalue weighted by atomic mass is 35.5. The Hall–Kier alpha value is -4.14. The van der Waals surface area contributed by atoms with Gasteiger partial charge in [-0.15, -0.1) is 0 Å². The van der Waals surface area contributed by atoms with E-state index in [-0.39, 0.29) is 29.8 Å². The standard InChI is InChI=1S/C38H42ClN3O4S/c1-28-18-20-31(21-19-28)26-41(36(25-30-12-6-3-7-13-30)38(44)40-33-14-8-4-9-15-33)37(43)27-42(35-23-22-32(39)24-29(35)2)47(45,46)34-16-10-5-11-17-34/h3,5-7,10-13,16-24,33,36H,4,8-9,14-15,25-27H2,1-2H3,(H,40,44). The van der Waals surface area contributed by atoms with Crippen LogP contribution in [-0.4, -0.2) is 43.8 Å². The molecule has 1 unspecified atom stereocenters. The number of hydrogen-bond acceptors (Lipinski definition) is 4. The minimum atomic E-state index is -4.18. The van der Waals surface area contributed by atoms with Crippen LogP contribution in [0.25, 0.3) is 0 Å². The van der Waals surface area contributed by atoms with Gasteiger partial charge in [-0.3, -0.25) is 13.9 Å². The van der Waals surface area contributed by atoms with Crippen LogP contribution in [0.4, 0.5) is 5.69 Å². The van der Waals surface area contributed by atoms with E-state index in [1.807, 2.05) is 61.5 Å². The van der Waals surface area contributed by atoms with Crippen molar-refractivity contribution >= 4 is 39.1 Å². The summed E-state index contributed by atoms with van der Waals surface area (Å²) in [5, 5.41) is 3.70. The largest absolute Gasteiger partial charge is 0.352 e. The number of carbonyl (C=O) groups is 2. The fourth-order valence-electron chi connectivity index (χ4n) is 6.12. The number of carbonyl (C=O) groups excluding carboxylic acids is 2. The van der Waals surface area contributed by atoms with E-state index < -0.39 is 28.5 Å². The lowest BCUT2D eigenvalue weighted by Crippen LogP contribution is -2.55. The summed E-state index contributed by atoms with van der Waals surface area (Å²) in [6.45, 7) is 3.38. The Morgan fingerprint density at radius 2 is 1.47 bits per heavy atom. The quantitative estimate of drug-likeness (QED) is 0.172. The Kier molecular flexibility index (Phi) is 11.4. The lowest BCUT2D eigenvalue weighted by atomic mass is 9.94. The van der Waals surface area contributed by atoms with Gasteiger partial charge in [-0.05, 0) is 73.7 Å². The molecule has 0 aromatic heterocycles. The molecule has 1 N–H and O–H groups in total. The number of sulfonamides is 1. The molecule has 1 aliphatic rings. The van der Waals surface area contributed by atoms with Gasteiger partial charge in [0.1, 0.15) is 12.6 Å². The first-order valence-corrected chi connectivity index (χ1v) is 18.0. The second kappa shape index (κ2) is 15.6. The molecule has 5 rings (SSSR count). The van der Waals surface area contributed by atoms with E-state index in [2.05, 4.69) is 5.32 Å². The van der Waals surface area contributed by atoms with E-state index in [4.69, 9.17) is 11.6 Å². The van der Waals surface area contributed by atoms with Crippen LogP contribution in [0.3, 0.4) is 0 Å². The lowest BCUT2D eigenvalue weighted by molar-refractivity contribution is -0.140. The number of halogens is 1. The van der Waals surface area contributed by atoms with Gasteiger partial charge in [-0.2, -0.15) is 0 Å². The van der Waals surface area contributed by atoms with Crippen molar-refractivity contribution in [3.63, 3.8) is 0 Å². The van der Waals surface area contributed by atoms with E-state index in [1.54, 1.807) is 48.2 Å². The van der Waals surface area contributed by atoms with Gasteiger partial charge in [0.15, 0.2) is 0 Å². The zero-order valence-electron chi connectivity index (χ0n) is 26.9. The fourth-order valence-corrected chi connectivity index (χ4v) is 7.85. The molecule has 246 valence electrons. The zero-order valence-corrected chi connectivity index (χ0v) is 28.5. The number of hydrogen-bond donors (Lipinski definition) is 1. The normalized spacial score (nSPS) is 14.3. The van der Waals surface area contributed by atoms with Gasteiger partial charge >= 0.3 is 0 Å². The molecule has 0 radical (unpaired) electrons. The fraction of sp³-hybridized carbons (Fsp3) is 0.316. The molecular weight excluding hydrogens is 630 g/mol. The Balaban J connectivity index is 1.57. The van der Waals surface area contributed by atoms with Gasteiger partial charge in [0.25, 0.3) is 10.0 Å². The average Bonchev–Trinajstić information content (AvgIpc) is 3.07. The summed E-state index contributed by atoms with van der Waals surface area (Å²) < 4.78 is 29.6. The Labute approximate surface area is 283 Å². The lowest BCUT2D eigenvalue weighted by Gasteiger charge is -2.35. The summed E-state index contributed by atoms with van der Waals surface area (Å²) in [6.07, 6.45) is 5.32. The van der Waals surface area contributed by atoms with Crippen LogP contribution in [0, 0.1) is 13.8 Å². The Morgan fingerprint density at radius 1 is 0.830 bits per heavy atom. The summed E-state index contributed by atoms with van der Waals surface area (Å²) in [6, 6.07) is 29.6. The topological polar surface area (TPSA) is 86.8 Å². The SMILES string of the molecule is Cc1ccc(CN(C(=O)CN(c2ccc(Cl)cc2C)S(=O)(=O)c2ccccc2)C(Cc2ccccc2)C(=O)NC2CCCCC2)cc1. The molecule has 9 heteroatoms. The second-order valence-corrected chi connectivity index (χ2v) is 14.6. The first-order valence-electron chi connectivity index (χ1n) is 16.1. The highest BCUT2D eigenvalue weighted by Crippen LogP contribution is 2.30. The van der Waals surface area contributed by atoms with Crippen molar-refractivity contribution in [2.24, 2.45) is 0 Å². The number of anilines is 1. The molecule has 7 nitrogen and oxygen atoms in total. The molecular formula is C38H42ClN3O4S. The van der Waals surface area contributed by atoms with Crippen molar-refractivity contribution in [3.05, 3.63) is 130 Å². The minimum absolute atomic E-state index is 0.0394. The first-order chi connectivity index (χ1) is 22.6. The van der Waals surface area contributed by atoms with Crippen LogP contribution in [0.15, 0.2) is 108 Å². The van der Waals surface area contributed by atoms with E-state index in [0.717, 1.165) is 53.1 Å². The van der Waals surface area contributed by atoms with Crippen molar-refractivity contribution in [2.75, 3.05) is 10.8 Å². The number of nitrogens with zero attached hydrogens (tertiary/aromatic N) is 2. The smallest absolute Gasteiger partial charge is 0.264 e. The zero-order chi connectivity index (χ0) is 33.4. The van der Waals surface area contributed by atoms with Gasteiger partial charge < -0.3 is 10.2 Å². The summed E-state index contributed by atoms with van der Waals surface area (Å²) in [7, 11) is -4.18. The van der Waals surface area contributed by atoms with Crippen molar-refractivity contribution in [2.45, 2.75) is 75.9 Å². The third kappa shape index (κ3) is 8.82. The molecule has 0 bridgehead atoms. The average molecular weight is 672 g/mol. The number of aryl methyl sites for hydroxylation is 2. The summed E-state index contributed by atoms with van der Waals surface area (Å²) in [4.78, 5) is 30.5. The monoisotopic (exact) mass is 671 g/mol. The van der Waals surface area contributed by atoms with E-state index in [0.29, 0.717) is 16.3 Å². The molecule has 2 amide bonds. The summed E-state index contributed by atoms with van der Waals surface area (Å²) in [5.74, 6) is -0.722. The van der Waals surface area contributed by atoms with Gasteiger partial charge in [0.2, 0.25) is 11.8 Å².